The van der Waals surface area contributed by atoms with Crippen LogP contribution < -0.4 is 20.7 Å². The lowest BCUT2D eigenvalue weighted by Gasteiger charge is -2.30. The number of fused-ring (bicyclic) bond motifs is 1. The van der Waals surface area contributed by atoms with Crippen molar-refractivity contribution in [3.63, 3.8) is 0 Å². The summed E-state index contributed by atoms with van der Waals surface area (Å²) in [6, 6.07) is 12.5. The van der Waals surface area contributed by atoms with Crippen molar-refractivity contribution in [3.8, 4) is 11.4 Å². The molecule has 186 valence electrons. The maximum atomic E-state index is 13.8. The van der Waals surface area contributed by atoms with Crippen LogP contribution in [0.2, 0.25) is 0 Å². The molecule has 0 unspecified atom stereocenters. The first-order valence-corrected chi connectivity index (χ1v) is 11.9. The number of carbonyl (C=O) groups is 3. The number of aryl methyl sites for hydroxylation is 1. The number of rotatable bonds is 5. The predicted octanol–water partition coefficient (Wildman–Crippen LogP) is 1.54. The molecule has 5 rings (SSSR count). The van der Waals surface area contributed by atoms with Gasteiger partial charge in [0.25, 0.3) is 17.7 Å². The first kappa shape index (κ1) is 23.6. The van der Waals surface area contributed by atoms with Crippen LogP contribution in [0.1, 0.15) is 42.5 Å². The van der Waals surface area contributed by atoms with Crippen molar-refractivity contribution in [2.45, 2.75) is 13.3 Å². The van der Waals surface area contributed by atoms with E-state index in [2.05, 4.69) is 10.4 Å². The zero-order valence-corrected chi connectivity index (χ0v) is 20.3. The third kappa shape index (κ3) is 4.09. The Balaban J connectivity index is 1.49. The largest absolute Gasteiger partial charge is 0.497 e. The van der Waals surface area contributed by atoms with Crippen LogP contribution in [-0.4, -0.2) is 72.2 Å². The summed E-state index contributed by atoms with van der Waals surface area (Å²) in [5, 5.41) is 7.65. The summed E-state index contributed by atoms with van der Waals surface area (Å²) < 4.78 is 6.70. The highest BCUT2D eigenvalue weighted by Crippen LogP contribution is 2.30. The molecule has 0 aliphatic carbocycles. The van der Waals surface area contributed by atoms with Crippen molar-refractivity contribution in [2.24, 2.45) is 5.73 Å². The number of anilines is 1. The molecule has 3 amide bonds. The summed E-state index contributed by atoms with van der Waals surface area (Å²) in [6.45, 7) is 5.15. The number of primary amides is 1. The first-order chi connectivity index (χ1) is 17.4. The van der Waals surface area contributed by atoms with Gasteiger partial charge in [-0.2, -0.15) is 5.10 Å². The monoisotopic (exact) mass is 488 g/mol. The third-order valence-corrected chi connectivity index (χ3v) is 6.72. The van der Waals surface area contributed by atoms with Crippen molar-refractivity contribution in [3.05, 3.63) is 70.5 Å². The van der Waals surface area contributed by atoms with E-state index in [1.54, 1.807) is 48.4 Å². The van der Waals surface area contributed by atoms with Crippen LogP contribution in [0.3, 0.4) is 0 Å². The molecule has 0 radical (unpaired) electrons. The molecule has 1 saturated heterocycles. The number of hydrogen-bond acceptors (Lipinski definition) is 6. The second kappa shape index (κ2) is 9.46. The second-order valence-corrected chi connectivity index (χ2v) is 8.90. The Kier molecular flexibility index (Phi) is 6.19. The molecule has 2 aromatic carbocycles. The SMILES string of the molecule is COc1ccc(-n2nc(C(N)=O)c3c2C(=O)N(c2ccc(C(=O)N4CCNCC4)c(C)c2)CC3)cc1. The number of nitrogens with zero attached hydrogens (tertiary/aromatic N) is 4. The zero-order chi connectivity index (χ0) is 25.4. The van der Waals surface area contributed by atoms with E-state index < -0.39 is 5.91 Å². The molecule has 1 fully saturated rings. The van der Waals surface area contributed by atoms with E-state index in [0.717, 1.165) is 18.7 Å². The number of piperazine rings is 1. The fourth-order valence-electron chi connectivity index (χ4n) is 4.81. The highest BCUT2D eigenvalue weighted by molar-refractivity contribution is 6.10. The summed E-state index contributed by atoms with van der Waals surface area (Å²) in [6.07, 6.45) is 0.427. The lowest BCUT2D eigenvalue weighted by Crippen LogP contribution is -2.46. The number of benzene rings is 2. The van der Waals surface area contributed by atoms with E-state index in [1.165, 1.54) is 4.68 Å². The molecule has 2 aliphatic rings. The normalized spacial score (nSPS) is 15.6. The molecule has 0 bridgehead atoms. The van der Waals surface area contributed by atoms with Gasteiger partial charge in [0.15, 0.2) is 5.69 Å². The molecule has 2 aliphatic heterocycles. The standard InChI is InChI=1S/C26H28N6O4/c1-16-15-18(5-8-20(16)25(34)30-13-10-28-11-14-30)31-12-9-21-22(24(27)33)29-32(23(21)26(31)35)17-3-6-19(36-2)7-4-17/h3-8,15,28H,9-14H2,1-2H3,(H2,27,33). The van der Waals surface area contributed by atoms with Crippen molar-refractivity contribution in [2.75, 3.05) is 44.7 Å². The fraction of sp³-hybridized carbons (Fsp3) is 0.308. The average molecular weight is 489 g/mol. The number of carbonyl (C=O) groups excluding carboxylic acids is 3. The van der Waals surface area contributed by atoms with E-state index in [1.807, 2.05) is 17.9 Å². The van der Waals surface area contributed by atoms with Crippen molar-refractivity contribution in [1.29, 1.82) is 0 Å². The van der Waals surface area contributed by atoms with Gasteiger partial charge in [-0.1, -0.05) is 0 Å². The molecule has 36 heavy (non-hydrogen) atoms. The molecule has 0 saturated carbocycles. The molecule has 3 N–H and O–H groups in total. The molecular weight excluding hydrogens is 460 g/mol. The smallest absolute Gasteiger partial charge is 0.277 e. The summed E-state index contributed by atoms with van der Waals surface area (Å²) in [5.41, 5.74) is 9.27. The van der Waals surface area contributed by atoms with Gasteiger partial charge in [-0.15, -0.1) is 0 Å². The Morgan fingerprint density at radius 3 is 2.36 bits per heavy atom. The van der Waals surface area contributed by atoms with Crippen molar-refractivity contribution >= 4 is 23.4 Å². The number of aromatic nitrogens is 2. The minimum Gasteiger partial charge on any atom is -0.497 e. The van der Waals surface area contributed by atoms with Crippen LogP contribution in [0.4, 0.5) is 5.69 Å². The Labute approximate surface area is 208 Å². The molecule has 3 aromatic rings. The summed E-state index contributed by atoms with van der Waals surface area (Å²) in [4.78, 5) is 42.4. The van der Waals surface area contributed by atoms with Gasteiger partial charge in [-0.25, -0.2) is 4.68 Å². The van der Waals surface area contributed by atoms with E-state index >= 15 is 0 Å². The van der Waals surface area contributed by atoms with Crippen LogP contribution in [0.25, 0.3) is 5.69 Å². The second-order valence-electron chi connectivity index (χ2n) is 8.90. The Morgan fingerprint density at radius 2 is 1.72 bits per heavy atom. The number of methoxy groups -OCH3 is 1. The van der Waals surface area contributed by atoms with Gasteiger partial charge in [0.1, 0.15) is 11.4 Å². The minimum absolute atomic E-state index is 0.00325. The van der Waals surface area contributed by atoms with Crippen LogP contribution >= 0.6 is 0 Å². The van der Waals surface area contributed by atoms with Crippen molar-refractivity contribution < 1.29 is 19.1 Å². The molecule has 10 heteroatoms. The van der Waals surface area contributed by atoms with Gasteiger partial charge in [0, 0.05) is 49.5 Å². The predicted molar refractivity (Wildman–Crippen MR) is 134 cm³/mol. The highest BCUT2D eigenvalue weighted by Gasteiger charge is 2.35. The van der Waals surface area contributed by atoms with Gasteiger partial charge < -0.3 is 25.6 Å². The van der Waals surface area contributed by atoms with Crippen LogP contribution in [0.5, 0.6) is 5.75 Å². The number of ether oxygens (including phenoxy) is 1. The van der Waals surface area contributed by atoms with Crippen molar-refractivity contribution in [1.82, 2.24) is 20.0 Å². The van der Waals surface area contributed by atoms with E-state index in [9.17, 15) is 14.4 Å². The maximum Gasteiger partial charge on any atom is 0.277 e. The first-order valence-electron chi connectivity index (χ1n) is 11.9. The summed E-state index contributed by atoms with van der Waals surface area (Å²) in [7, 11) is 1.57. The van der Waals surface area contributed by atoms with Gasteiger partial charge in [0.2, 0.25) is 0 Å². The lowest BCUT2D eigenvalue weighted by atomic mass is 10.0. The topological polar surface area (TPSA) is 123 Å². The highest BCUT2D eigenvalue weighted by atomic mass is 16.5. The summed E-state index contributed by atoms with van der Waals surface area (Å²) in [5.74, 6) is -0.302. The van der Waals surface area contributed by atoms with Gasteiger partial charge in [0.05, 0.1) is 12.8 Å². The Bertz CT molecular complexity index is 1340. The number of hydrogen-bond donors (Lipinski definition) is 2. The maximum absolute atomic E-state index is 13.8. The van der Waals surface area contributed by atoms with E-state index in [0.29, 0.717) is 60.0 Å². The van der Waals surface area contributed by atoms with E-state index in [-0.39, 0.29) is 17.5 Å². The van der Waals surface area contributed by atoms with Crippen LogP contribution in [0.15, 0.2) is 42.5 Å². The zero-order valence-electron chi connectivity index (χ0n) is 20.3. The minimum atomic E-state index is -0.675. The van der Waals surface area contributed by atoms with Gasteiger partial charge >= 0.3 is 0 Å². The molecule has 1 aromatic heterocycles. The summed E-state index contributed by atoms with van der Waals surface area (Å²) >= 11 is 0. The number of nitrogens with one attached hydrogen (secondary N) is 1. The van der Waals surface area contributed by atoms with Crippen LogP contribution in [0, 0.1) is 6.92 Å². The molecule has 0 atom stereocenters. The Morgan fingerprint density at radius 1 is 1.03 bits per heavy atom. The average Bonchev–Trinajstić information content (AvgIpc) is 3.30. The third-order valence-electron chi connectivity index (χ3n) is 6.72. The number of nitrogens with two attached hydrogens (primary N) is 1. The molecule has 0 spiro atoms. The van der Waals surface area contributed by atoms with Gasteiger partial charge in [-0.05, 0) is 61.4 Å². The quantitative estimate of drug-likeness (QED) is 0.562. The van der Waals surface area contributed by atoms with Gasteiger partial charge in [-0.3, -0.25) is 14.4 Å². The Hall–Kier alpha value is -4.18. The number of amides is 3. The lowest BCUT2D eigenvalue weighted by molar-refractivity contribution is 0.0734. The molecule has 3 heterocycles. The van der Waals surface area contributed by atoms with Crippen LogP contribution in [-0.2, 0) is 6.42 Å². The van der Waals surface area contributed by atoms with E-state index in [4.69, 9.17) is 10.5 Å². The molecular formula is C26H28N6O4. The molecule has 10 nitrogen and oxygen atoms in total. The fourth-order valence-corrected chi connectivity index (χ4v) is 4.81.